The fourth-order valence-corrected chi connectivity index (χ4v) is 5.04. The van der Waals surface area contributed by atoms with Gasteiger partial charge in [0, 0.05) is 19.1 Å². The number of anilines is 1. The minimum atomic E-state index is -0.952. The molecule has 1 N–H and O–H groups in total. The number of nitrogens with zero attached hydrogens (tertiary/aromatic N) is 4. The zero-order valence-electron chi connectivity index (χ0n) is 18.0. The number of piperidine rings is 1. The molecule has 2 aromatic rings. The summed E-state index contributed by atoms with van der Waals surface area (Å²) in [6.07, 6.45) is 6.64. The van der Waals surface area contributed by atoms with Gasteiger partial charge in [-0.2, -0.15) is 5.26 Å². The third-order valence-electron chi connectivity index (χ3n) is 6.36. The maximum absolute atomic E-state index is 13.1. The number of carbonyl (C=O) groups is 1. The van der Waals surface area contributed by atoms with Gasteiger partial charge in [-0.05, 0) is 43.2 Å². The topological polar surface area (TPSA) is 81.9 Å². The van der Waals surface area contributed by atoms with Crippen molar-refractivity contribution in [2.45, 2.75) is 64.3 Å². The number of nitrogens with one attached hydrogen (secondary N) is 1. The number of benzene rings is 1. The molecule has 158 valence electrons. The number of rotatable bonds is 4. The second-order valence-corrected chi connectivity index (χ2v) is 9.18. The van der Waals surface area contributed by atoms with Crippen molar-refractivity contribution < 1.29 is 4.79 Å². The summed E-state index contributed by atoms with van der Waals surface area (Å²) in [6.45, 7) is 6.22. The van der Waals surface area contributed by atoms with Crippen LogP contribution >= 0.6 is 0 Å². The number of carbonyl (C=O) groups excluding carboxylic acids is 1. The molecule has 3 atom stereocenters. The Morgan fingerprint density at radius 1 is 1.10 bits per heavy atom. The second-order valence-electron chi connectivity index (χ2n) is 9.18. The maximum Gasteiger partial charge on any atom is 0.243 e. The van der Waals surface area contributed by atoms with Gasteiger partial charge in [0.25, 0.3) is 0 Å². The molecule has 0 spiro atoms. The van der Waals surface area contributed by atoms with Gasteiger partial charge in [-0.1, -0.05) is 45.2 Å². The molecule has 0 unspecified atom stereocenters. The number of hydrogen-bond acceptors (Lipinski definition) is 5. The van der Waals surface area contributed by atoms with E-state index in [9.17, 15) is 10.1 Å². The van der Waals surface area contributed by atoms with Gasteiger partial charge in [0.1, 0.15) is 5.69 Å². The standard InChI is InChI=1S/C24H31N5O/c1-16-12-17(2)15-29(14-16)23-22(27-20-10-6-7-11-21(20)28-23)19(13-25)24(30)26-18-8-4-3-5-9-18/h6-7,10-11,16-19H,3-5,8-9,12,14-15H2,1-2H3,(H,26,30)/t16-,17-,19+/m0/s1. The normalized spacial score (nSPS) is 23.7. The maximum atomic E-state index is 13.1. The number of amides is 1. The summed E-state index contributed by atoms with van der Waals surface area (Å²) in [5.41, 5.74) is 2.01. The van der Waals surface area contributed by atoms with E-state index in [-0.39, 0.29) is 11.9 Å². The fourth-order valence-electron chi connectivity index (χ4n) is 5.04. The molecular weight excluding hydrogens is 374 g/mol. The van der Waals surface area contributed by atoms with E-state index in [4.69, 9.17) is 9.97 Å². The van der Waals surface area contributed by atoms with Gasteiger partial charge in [0.05, 0.1) is 17.1 Å². The van der Waals surface area contributed by atoms with Gasteiger partial charge in [0.2, 0.25) is 5.91 Å². The number of aromatic nitrogens is 2. The smallest absolute Gasteiger partial charge is 0.243 e. The fraction of sp³-hybridized carbons (Fsp3) is 0.583. The SMILES string of the molecule is C[C@H]1C[C@H](C)CN(c2nc3ccccc3nc2[C@@H](C#N)C(=O)NC2CCCCC2)C1. The predicted molar refractivity (Wildman–Crippen MR) is 118 cm³/mol. The van der Waals surface area contributed by atoms with E-state index >= 15 is 0 Å². The van der Waals surface area contributed by atoms with Crippen LogP contribution in [0, 0.1) is 23.2 Å². The Hall–Kier alpha value is -2.68. The Labute approximate surface area is 178 Å². The van der Waals surface area contributed by atoms with Crippen molar-refractivity contribution >= 4 is 22.8 Å². The first-order chi connectivity index (χ1) is 14.5. The molecule has 2 fully saturated rings. The third kappa shape index (κ3) is 4.40. The molecule has 1 saturated heterocycles. The van der Waals surface area contributed by atoms with Crippen molar-refractivity contribution in [1.29, 1.82) is 5.26 Å². The molecule has 30 heavy (non-hydrogen) atoms. The molecule has 1 amide bonds. The van der Waals surface area contributed by atoms with Gasteiger partial charge in [0.15, 0.2) is 11.7 Å². The zero-order chi connectivity index (χ0) is 21.1. The van der Waals surface area contributed by atoms with Crippen LogP contribution in [0.5, 0.6) is 0 Å². The molecule has 2 heterocycles. The number of nitriles is 1. The summed E-state index contributed by atoms with van der Waals surface area (Å²) < 4.78 is 0. The summed E-state index contributed by atoms with van der Waals surface area (Å²) in [4.78, 5) is 25.0. The van der Waals surface area contributed by atoms with Crippen molar-refractivity contribution in [2.24, 2.45) is 11.8 Å². The number of hydrogen-bond donors (Lipinski definition) is 1. The lowest BCUT2D eigenvalue weighted by atomic mass is 9.91. The summed E-state index contributed by atoms with van der Waals surface area (Å²) >= 11 is 0. The Balaban J connectivity index is 1.71. The minimum Gasteiger partial charge on any atom is -0.355 e. The molecular formula is C24H31N5O. The van der Waals surface area contributed by atoms with Crippen LogP contribution in [0.2, 0.25) is 0 Å². The highest BCUT2D eigenvalue weighted by Gasteiger charge is 2.32. The molecule has 2 aliphatic rings. The number of para-hydroxylation sites is 2. The van der Waals surface area contributed by atoms with Gasteiger partial charge >= 0.3 is 0 Å². The predicted octanol–water partition coefficient (Wildman–Crippen LogP) is 4.17. The summed E-state index contributed by atoms with van der Waals surface area (Å²) in [5, 5.41) is 13.1. The first-order valence-electron chi connectivity index (χ1n) is 11.3. The first-order valence-corrected chi connectivity index (χ1v) is 11.3. The monoisotopic (exact) mass is 405 g/mol. The van der Waals surface area contributed by atoms with E-state index in [0.29, 0.717) is 23.3 Å². The largest absolute Gasteiger partial charge is 0.355 e. The highest BCUT2D eigenvalue weighted by molar-refractivity contribution is 5.89. The van der Waals surface area contributed by atoms with E-state index in [1.54, 1.807) is 0 Å². The minimum absolute atomic E-state index is 0.161. The zero-order valence-corrected chi connectivity index (χ0v) is 18.0. The highest BCUT2D eigenvalue weighted by atomic mass is 16.2. The Morgan fingerprint density at radius 3 is 2.37 bits per heavy atom. The lowest BCUT2D eigenvalue weighted by molar-refractivity contribution is -0.122. The Kier molecular flexibility index (Phi) is 6.17. The molecule has 6 nitrogen and oxygen atoms in total. The Morgan fingerprint density at radius 2 is 1.73 bits per heavy atom. The molecule has 1 aliphatic heterocycles. The van der Waals surface area contributed by atoms with Crippen molar-refractivity contribution in [2.75, 3.05) is 18.0 Å². The van der Waals surface area contributed by atoms with Crippen LogP contribution in [0.15, 0.2) is 24.3 Å². The van der Waals surface area contributed by atoms with E-state index in [2.05, 4.69) is 30.1 Å². The number of fused-ring (bicyclic) bond motifs is 1. The van der Waals surface area contributed by atoms with Crippen LogP contribution in [0.25, 0.3) is 11.0 Å². The van der Waals surface area contributed by atoms with E-state index in [0.717, 1.165) is 49.8 Å². The third-order valence-corrected chi connectivity index (χ3v) is 6.36. The lowest BCUT2D eigenvalue weighted by Crippen LogP contribution is -2.42. The van der Waals surface area contributed by atoms with Gasteiger partial charge in [-0.25, -0.2) is 9.97 Å². The molecule has 1 aromatic carbocycles. The van der Waals surface area contributed by atoms with Crippen LogP contribution in [-0.4, -0.2) is 35.0 Å². The van der Waals surface area contributed by atoms with E-state index in [1.165, 1.54) is 12.8 Å². The van der Waals surface area contributed by atoms with Crippen molar-refractivity contribution in [3.63, 3.8) is 0 Å². The van der Waals surface area contributed by atoms with E-state index in [1.807, 2.05) is 24.3 Å². The quantitative estimate of drug-likeness (QED) is 0.826. The van der Waals surface area contributed by atoms with Crippen LogP contribution in [0.1, 0.15) is 64.0 Å². The van der Waals surface area contributed by atoms with Crippen molar-refractivity contribution in [3.05, 3.63) is 30.0 Å². The molecule has 4 rings (SSSR count). The summed E-state index contributed by atoms with van der Waals surface area (Å²) in [6, 6.07) is 10.1. The van der Waals surface area contributed by atoms with Crippen LogP contribution < -0.4 is 10.2 Å². The average molecular weight is 406 g/mol. The van der Waals surface area contributed by atoms with Gasteiger partial charge in [-0.3, -0.25) is 4.79 Å². The highest BCUT2D eigenvalue weighted by Crippen LogP contribution is 2.32. The molecule has 0 bridgehead atoms. The average Bonchev–Trinajstić information content (AvgIpc) is 2.74. The summed E-state index contributed by atoms with van der Waals surface area (Å²) in [5.74, 6) is 0.565. The molecule has 1 saturated carbocycles. The lowest BCUT2D eigenvalue weighted by Gasteiger charge is -2.37. The first kappa shape index (κ1) is 20.6. The Bertz CT molecular complexity index is 936. The van der Waals surface area contributed by atoms with Crippen LogP contribution in [0.3, 0.4) is 0 Å². The second kappa shape index (κ2) is 8.99. The molecule has 0 radical (unpaired) electrons. The van der Waals surface area contributed by atoms with Gasteiger partial charge < -0.3 is 10.2 Å². The van der Waals surface area contributed by atoms with Crippen LogP contribution in [-0.2, 0) is 4.79 Å². The molecule has 6 heteroatoms. The molecule has 1 aliphatic carbocycles. The summed E-state index contributed by atoms with van der Waals surface area (Å²) in [7, 11) is 0. The van der Waals surface area contributed by atoms with Crippen LogP contribution in [0.4, 0.5) is 5.82 Å². The van der Waals surface area contributed by atoms with E-state index < -0.39 is 5.92 Å². The van der Waals surface area contributed by atoms with Crippen molar-refractivity contribution in [3.8, 4) is 6.07 Å². The van der Waals surface area contributed by atoms with Crippen molar-refractivity contribution in [1.82, 2.24) is 15.3 Å². The molecule has 1 aromatic heterocycles. The van der Waals surface area contributed by atoms with Gasteiger partial charge in [-0.15, -0.1) is 0 Å².